The molecule has 8 nitrogen and oxygen atoms in total. The SMILES string of the molecule is C=O.C=O.CC.CNC(=O)c1c(-c2ccc(F)cc2)oc2cc(N(C)C)c(-c3cccc(-c4nc5ncccc5s4)c3)cc12. The molecule has 0 aliphatic heterocycles. The van der Waals surface area contributed by atoms with Crippen LogP contribution in [0.5, 0.6) is 0 Å². The standard InChI is InChI=1S/C30H23FN4O2S.C2H6.2CH2O/c1-32-29(36)26-22-15-21(18-6-4-7-19(14-18)30-34-28-25(38-30)8-5-13-33-28)23(35(2)3)16-24(22)37-27(26)17-9-11-20(31)12-10-17;3*1-2/h4-16H,1-3H3,(H,32,36);1-2H3;2*1H2. The molecule has 226 valence electrons. The highest BCUT2D eigenvalue weighted by atomic mass is 32.1. The zero-order valence-corrected chi connectivity index (χ0v) is 26.0. The lowest BCUT2D eigenvalue weighted by Crippen LogP contribution is -2.18. The van der Waals surface area contributed by atoms with Gasteiger partial charge in [-0.3, -0.25) is 4.79 Å². The largest absolute Gasteiger partial charge is 0.455 e. The van der Waals surface area contributed by atoms with Gasteiger partial charge < -0.3 is 24.2 Å². The molecule has 0 aliphatic rings. The summed E-state index contributed by atoms with van der Waals surface area (Å²) in [5, 5.41) is 4.29. The third kappa shape index (κ3) is 6.71. The minimum absolute atomic E-state index is 0.276. The van der Waals surface area contributed by atoms with Gasteiger partial charge in [-0.05, 0) is 54.1 Å². The first-order valence-corrected chi connectivity index (χ1v) is 14.4. The summed E-state index contributed by atoms with van der Waals surface area (Å²) in [5.74, 6) is -0.230. The van der Waals surface area contributed by atoms with Gasteiger partial charge in [0.1, 0.15) is 35.7 Å². The molecule has 0 radical (unpaired) electrons. The topological polar surface area (TPSA) is 105 Å². The second-order valence-corrected chi connectivity index (χ2v) is 10.1. The normalized spacial score (nSPS) is 10.0. The quantitative estimate of drug-likeness (QED) is 0.213. The average Bonchev–Trinajstić information content (AvgIpc) is 3.69. The Morgan fingerprint density at radius 1 is 0.909 bits per heavy atom. The fourth-order valence-electron chi connectivity index (χ4n) is 4.60. The van der Waals surface area contributed by atoms with Gasteiger partial charge in [0.25, 0.3) is 5.91 Å². The van der Waals surface area contributed by atoms with E-state index in [1.54, 1.807) is 36.7 Å². The number of nitrogens with one attached hydrogen (secondary N) is 1. The molecular formula is C34H33FN4O4S. The van der Waals surface area contributed by atoms with Crippen molar-refractivity contribution < 1.29 is 23.2 Å². The molecule has 3 heterocycles. The van der Waals surface area contributed by atoms with Gasteiger partial charge in [0.15, 0.2) is 5.65 Å². The zero-order valence-electron chi connectivity index (χ0n) is 25.2. The third-order valence-electron chi connectivity index (χ3n) is 6.43. The van der Waals surface area contributed by atoms with Crippen molar-refractivity contribution >= 4 is 57.8 Å². The average molecular weight is 613 g/mol. The van der Waals surface area contributed by atoms with E-state index in [9.17, 15) is 9.18 Å². The Kier molecular flexibility index (Phi) is 11.6. The highest BCUT2D eigenvalue weighted by Gasteiger charge is 2.24. The maximum absolute atomic E-state index is 13.6. The lowest BCUT2D eigenvalue weighted by Gasteiger charge is -2.18. The minimum Gasteiger partial charge on any atom is -0.455 e. The van der Waals surface area contributed by atoms with Crippen LogP contribution in [-0.4, -0.2) is 50.6 Å². The Balaban J connectivity index is 0.000000832. The van der Waals surface area contributed by atoms with Gasteiger partial charge in [-0.15, -0.1) is 11.3 Å². The molecule has 1 N–H and O–H groups in total. The Labute approximate surface area is 259 Å². The summed E-state index contributed by atoms with van der Waals surface area (Å²) >= 11 is 1.60. The Hall–Kier alpha value is -5.22. The molecule has 0 aliphatic carbocycles. The Morgan fingerprint density at radius 3 is 2.23 bits per heavy atom. The fourth-order valence-corrected chi connectivity index (χ4v) is 5.52. The van der Waals surface area contributed by atoms with Gasteiger partial charge in [-0.2, -0.15) is 0 Å². The predicted octanol–water partition coefficient (Wildman–Crippen LogP) is 7.66. The summed E-state index contributed by atoms with van der Waals surface area (Å²) in [6, 6.07) is 22.0. The van der Waals surface area contributed by atoms with Gasteiger partial charge in [0.2, 0.25) is 0 Å². The molecule has 0 unspecified atom stereocenters. The van der Waals surface area contributed by atoms with Crippen LogP contribution in [0.2, 0.25) is 0 Å². The number of furan rings is 1. The predicted molar refractivity (Wildman–Crippen MR) is 177 cm³/mol. The number of carbonyl (C=O) groups is 3. The fraction of sp³-hybridized carbons (Fsp3) is 0.147. The van der Waals surface area contributed by atoms with Crippen molar-refractivity contribution in [3.8, 4) is 33.0 Å². The summed E-state index contributed by atoms with van der Waals surface area (Å²) in [7, 11) is 5.52. The molecule has 6 aromatic rings. The molecule has 0 atom stereocenters. The number of hydrogen-bond acceptors (Lipinski definition) is 8. The molecule has 6 rings (SSSR count). The van der Waals surface area contributed by atoms with Crippen LogP contribution in [0.3, 0.4) is 0 Å². The highest BCUT2D eigenvalue weighted by molar-refractivity contribution is 7.21. The molecule has 0 saturated heterocycles. The number of halogens is 1. The van der Waals surface area contributed by atoms with Crippen LogP contribution in [0.15, 0.2) is 83.4 Å². The van der Waals surface area contributed by atoms with E-state index in [-0.39, 0.29) is 11.7 Å². The first kappa shape index (κ1) is 33.3. The van der Waals surface area contributed by atoms with Crippen LogP contribution in [0.4, 0.5) is 10.1 Å². The summed E-state index contributed by atoms with van der Waals surface area (Å²) in [5.41, 5.74) is 6.19. The number of hydrogen-bond donors (Lipinski definition) is 1. The van der Waals surface area contributed by atoms with E-state index in [0.717, 1.165) is 37.7 Å². The Morgan fingerprint density at radius 2 is 1.59 bits per heavy atom. The minimum atomic E-state index is -0.354. The van der Waals surface area contributed by atoms with Crippen molar-refractivity contribution in [2.24, 2.45) is 0 Å². The molecule has 3 aromatic carbocycles. The molecule has 3 aromatic heterocycles. The van der Waals surface area contributed by atoms with Crippen LogP contribution in [0, 0.1) is 5.82 Å². The van der Waals surface area contributed by atoms with Crippen LogP contribution >= 0.6 is 11.3 Å². The lowest BCUT2D eigenvalue weighted by molar-refractivity contribution is -0.0987. The number of benzene rings is 3. The van der Waals surface area contributed by atoms with Crippen molar-refractivity contribution in [2.75, 3.05) is 26.0 Å². The highest BCUT2D eigenvalue weighted by Crippen LogP contribution is 2.41. The van der Waals surface area contributed by atoms with E-state index in [4.69, 9.17) is 19.0 Å². The second-order valence-electron chi connectivity index (χ2n) is 9.08. The van der Waals surface area contributed by atoms with Gasteiger partial charge in [-0.1, -0.05) is 32.0 Å². The molecular weight excluding hydrogens is 579 g/mol. The van der Waals surface area contributed by atoms with E-state index in [2.05, 4.69) is 16.4 Å². The lowest BCUT2D eigenvalue weighted by atomic mass is 9.97. The van der Waals surface area contributed by atoms with Crippen LogP contribution in [0.25, 0.3) is 54.3 Å². The van der Waals surface area contributed by atoms with Crippen molar-refractivity contribution in [3.05, 3.63) is 90.4 Å². The monoisotopic (exact) mass is 612 g/mol. The maximum atomic E-state index is 13.6. The molecule has 10 heteroatoms. The van der Waals surface area contributed by atoms with Crippen LogP contribution in [-0.2, 0) is 9.59 Å². The summed E-state index contributed by atoms with van der Waals surface area (Å²) in [4.78, 5) is 40.2. The number of carbonyl (C=O) groups excluding carboxylic acids is 3. The molecule has 44 heavy (non-hydrogen) atoms. The van der Waals surface area contributed by atoms with Crippen molar-refractivity contribution in [2.45, 2.75) is 13.8 Å². The van der Waals surface area contributed by atoms with E-state index in [1.165, 1.54) is 12.1 Å². The van der Waals surface area contributed by atoms with Crippen LogP contribution in [0.1, 0.15) is 24.2 Å². The number of fused-ring (bicyclic) bond motifs is 2. The van der Waals surface area contributed by atoms with E-state index in [0.29, 0.717) is 27.9 Å². The molecule has 0 fully saturated rings. The number of pyridine rings is 1. The van der Waals surface area contributed by atoms with Gasteiger partial charge in [-0.25, -0.2) is 14.4 Å². The molecule has 1 amide bonds. The summed E-state index contributed by atoms with van der Waals surface area (Å²) in [6.07, 6.45) is 1.75. The van der Waals surface area contributed by atoms with Gasteiger partial charge in [0, 0.05) is 61.2 Å². The maximum Gasteiger partial charge on any atom is 0.255 e. The van der Waals surface area contributed by atoms with Crippen LogP contribution < -0.4 is 10.2 Å². The van der Waals surface area contributed by atoms with Crippen molar-refractivity contribution in [3.63, 3.8) is 0 Å². The van der Waals surface area contributed by atoms with E-state index >= 15 is 0 Å². The van der Waals surface area contributed by atoms with Gasteiger partial charge in [0.05, 0.1) is 10.3 Å². The Bertz CT molecular complexity index is 1830. The number of aromatic nitrogens is 2. The number of nitrogens with zero attached hydrogens (tertiary/aromatic N) is 3. The number of rotatable bonds is 5. The first-order chi connectivity index (χ1) is 21.4. The summed E-state index contributed by atoms with van der Waals surface area (Å²) < 4.78 is 20.9. The van der Waals surface area contributed by atoms with Crippen molar-refractivity contribution in [1.29, 1.82) is 0 Å². The number of anilines is 1. The number of amides is 1. The molecule has 0 bridgehead atoms. The third-order valence-corrected chi connectivity index (χ3v) is 7.49. The van der Waals surface area contributed by atoms with E-state index in [1.807, 2.05) is 88.9 Å². The van der Waals surface area contributed by atoms with E-state index < -0.39 is 0 Å². The number of thiazole rings is 1. The smallest absolute Gasteiger partial charge is 0.255 e. The van der Waals surface area contributed by atoms with Crippen molar-refractivity contribution in [1.82, 2.24) is 15.3 Å². The first-order valence-electron chi connectivity index (χ1n) is 13.6. The summed E-state index contributed by atoms with van der Waals surface area (Å²) in [6.45, 7) is 8.00. The molecule has 0 saturated carbocycles. The zero-order chi connectivity index (χ0) is 32.4. The second kappa shape index (κ2) is 15.3. The molecule has 0 spiro atoms. The van der Waals surface area contributed by atoms with Gasteiger partial charge >= 0.3 is 0 Å².